The van der Waals surface area contributed by atoms with Gasteiger partial charge in [-0.05, 0) is 34.2 Å². The van der Waals surface area contributed by atoms with Crippen LogP contribution in [0.2, 0.25) is 0 Å². The van der Waals surface area contributed by atoms with E-state index in [0.717, 1.165) is 24.9 Å². The van der Waals surface area contributed by atoms with Crippen LogP contribution in [0.3, 0.4) is 0 Å². The summed E-state index contributed by atoms with van der Waals surface area (Å²) in [5.74, 6) is -0.176. The van der Waals surface area contributed by atoms with E-state index < -0.39 is 6.04 Å². The van der Waals surface area contributed by atoms with Gasteiger partial charge >= 0.3 is 6.03 Å². The molecule has 0 saturated carbocycles. The van der Waals surface area contributed by atoms with Gasteiger partial charge in [-0.1, -0.05) is 19.6 Å². The molecule has 2 N–H and O–H groups in total. The molecular formula is C14H16IN3O2. The summed E-state index contributed by atoms with van der Waals surface area (Å²) >= 11 is 2.27. The van der Waals surface area contributed by atoms with Crippen LogP contribution >= 0.6 is 22.6 Å². The molecule has 0 unspecified atom stereocenters. The fraction of sp³-hybridized carbons (Fsp3) is 0.286. The molecule has 106 valence electrons. The third kappa shape index (κ3) is 2.28. The average Bonchev–Trinajstić information content (AvgIpc) is 2.90. The highest BCUT2D eigenvalue weighted by molar-refractivity contribution is 14.1. The van der Waals surface area contributed by atoms with E-state index in [1.54, 1.807) is 0 Å². The Morgan fingerprint density at radius 3 is 2.75 bits per heavy atom. The van der Waals surface area contributed by atoms with E-state index in [-0.39, 0.29) is 19.4 Å². The molecule has 0 aliphatic carbocycles. The third-order valence-corrected chi connectivity index (χ3v) is 4.30. The van der Waals surface area contributed by atoms with Gasteiger partial charge in [0.1, 0.15) is 6.04 Å². The maximum absolute atomic E-state index is 11.9. The second-order valence-electron chi connectivity index (χ2n) is 4.58. The number of H-pyrrole nitrogens is 1. The van der Waals surface area contributed by atoms with Crippen molar-refractivity contribution in [1.82, 2.24) is 15.2 Å². The van der Waals surface area contributed by atoms with Crippen LogP contribution in [0.15, 0.2) is 24.4 Å². The SMILES string of the molecule is C.CN1C(=O)N[C@H](Cc2c[nH]c3c(I)cccc23)C1=O. The van der Waals surface area contributed by atoms with E-state index in [0.29, 0.717) is 6.42 Å². The van der Waals surface area contributed by atoms with E-state index in [9.17, 15) is 9.59 Å². The number of nitrogens with one attached hydrogen (secondary N) is 2. The Labute approximate surface area is 130 Å². The van der Waals surface area contributed by atoms with Gasteiger partial charge in [0.2, 0.25) is 0 Å². The minimum atomic E-state index is -0.464. The van der Waals surface area contributed by atoms with Crippen LogP contribution in [0.5, 0.6) is 0 Å². The van der Waals surface area contributed by atoms with Crippen molar-refractivity contribution in [1.29, 1.82) is 0 Å². The molecule has 0 radical (unpaired) electrons. The summed E-state index contributed by atoms with van der Waals surface area (Å²) in [7, 11) is 1.50. The lowest BCUT2D eigenvalue weighted by molar-refractivity contribution is -0.126. The van der Waals surface area contributed by atoms with Gasteiger partial charge in [0.05, 0.1) is 5.52 Å². The first-order valence-electron chi connectivity index (χ1n) is 5.90. The standard InChI is InChI=1S/C13H12IN3O2.CH4/c1-17-12(18)10(16-13(17)19)5-7-6-15-11-8(7)3-2-4-9(11)14;/h2-4,6,10,15H,5H2,1H3,(H,16,19);1H4/t10-;/m1./s1. The first kappa shape index (κ1) is 14.8. The second kappa shape index (κ2) is 5.43. The number of rotatable bonds is 2. The normalized spacial score (nSPS) is 18.3. The largest absolute Gasteiger partial charge is 0.360 e. The molecule has 0 bridgehead atoms. The van der Waals surface area contributed by atoms with Gasteiger partial charge in [0, 0.05) is 28.6 Å². The number of likely N-dealkylation sites (N-methyl/N-ethyl adjacent to an activating group) is 1. The fourth-order valence-electron chi connectivity index (χ4n) is 2.34. The Balaban J connectivity index is 0.00000147. The second-order valence-corrected chi connectivity index (χ2v) is 5.74. The first-order chi connectivity index (χ1) is 9.08. The Kier molecular flexibility index (Phi) is 4.03. The van der Waals surface area contributed by atoms with Gasteiger partial charge in [0.25, 0.3) is 5.91 Å². The predicted octanol–water partition coefficient (Wildman–Crippen LogP) is 2.50. The molecule has 1 aromatic carbocycles. The summed E-state index contributed by atoms with van der Waals surface area (Å²) in [6.45, 7) is 0. The fourth-order valence-corrected chi connectivity index (χ4v) is 3.00. The molecule has 3 amide bonds. The predicted molar refractivity (Wildman–Crippen MR) is 86.5 cm³/mol. The summed E-state index contributed by atoms with van der Waals surface area (Å²) in [6.07, 6.45) is 2.42. The Hall–Kier alpha value is -1.57. The monoisotopic (exact) mass is 385 g/mol. The van der Waals surface area contributed by atoms with Crippen molar-refractivity contribution >= 4 is 45.4 Å². The molecule has 1 saturated heterocycles. The number of hydrogen-bond acceptors (Lipinski definition) is 2. The van der Waals surface area contributed by atoms with Crippen molar-refractivity contribution < 1.29 is 9.59 Å². The number of urea groups is 1. The molecule has 1 aliphatic heterocycles. The van der Waals surface area contributed by atoms with Gasteiger partial charge in [0.15, 0.2) is 0 Å². The van der Waals surface area contributed by atoms with Gasteiger partial charge in [-0.3, -0.25) is 9.69 Å². The molecule has 2 aromatic rings. The summed E-state index contributed by atoms with van der Waals surface area (Å²) in [4.78, 5) is 27.7. The van der Waals surface area contributed by atoms with Crippen molar-refractivity contribution in [3.8, 4) is 0 Å². The molecular weight excluding hydrogens is 369 g/mol. The number of benzene rings is 1. The van der Waals surface area contributed by atoms with Crippen molar-refractivity contribution in [2.75, 3.05) is 7.05 Å². The van der Waals surface area contributed by atoms with Crippen molar-refractivity contribution in [2.24, 2.45) is 0 Å². The lowest BCUT2D eigenvalue weighted by atomic mass is 10.1. The molecule has 1 fully saturated rings. The molecule has 2 heterocycles. The Bertz CT molecular complexity index is 680. The minimum absolute atomic E-state index is 0. The third-order valence-electron chi connectivity index (χ3n) is 3.41. The number of halogens is 1. The summed E-state index contributed by atoms with van der Waals surface area (Å²) in [5.41, 5.74) is 2.12. The van der Waals surface area contributed by atoms with Crippen LogP contribution in [0.25, 0.3) is 10.9 Å². The number of nitrogens with zero attached hydrogens (tertiary/aromatic N) is 1. The Morgan fingerprint density at radius 1 is 1.35 bits per heavy atom. The van der Waals surface area contributed by atoms with E-state index in [4.69, 9.17) is 0 Å². The van der Waals surface area contributed by atoms with Crippen molar-refractivity contribution in [3.05, 3.63) is 33.5 Å². The number of carbonyl (C=O) groups excluding carboxylic acids is 2. The number of imide groups is 1. The van der Waals surface area contributed by atoms with Crippen LogP contribution in [0, 0.1) is 3.57 Å². The summed E-state index contributed by atoms with van der Waals surface area (Å²) in [5, 5.41) is 3.79. The lowest BCUT2D eigenvalue weighted by Gasteiger charge is -2.07. The van der Waals surface area contributed by atoms with Gasteiger partial charge in [-0.15, -0.1) is 0 Å². The minimum Gasteiger partial charge on any atom is -0.360 e. The number of aromatic amines is 1. The molecule has 6 heteroatoms. The van der Waals surface area contributed by atoms with E-state index in [1.165, 1.54) is 7.05 Å². The van der Waals surface area contributed by atoms with Gasteiger partial charge in [-0.2, -0.15) is 0 Å². The zero-order valence-corrected chi connectivity index (χ0v) is 12.4. The molecule has 1 aromatic heterocycles. The number of carbonyl (C=O) groups is 2. The van der Waals surface area contributed by atoms with Crippen LogP contribution in [0.1, 0.15) is 13.0 Å². The quantitative estimate of drug-likeness (QED) is 0.617. The molecule has 1 atom stereocenters. The van der Waals surface area contributed by atoms with Crippen LogP contribution < -0.4 is 5.32 Å². The smallest absolute Gasteiger partial charge is 0.324 e. The summed E-state index contributed by atoms with van der Waals surface area (Å²) < 4.78 is 1.14. The molecule has 0 spiro atoms. The number of fused-ring (bicyclic) bond motifs is 1. The number of para-hydroxylation sites is 1. The number of hydrogen-bond donors (Lipinski definition) is 2. The maximum Gasteiger partial charge on any atom is 0.324 e. The molecule has 1 aliphatic rings. The van der Waals surface area contributed by atoms with Gasteiger partial charge in [-0.25, -0.2) is 4.79 Å². The van der Waals surface area contributed by atoms with Crippen LogP contribution in [-0.4, -0.2) is 34.9 Å². The van der Waals surface area contributed by atoms with Crippen molar-refractivity contribution in [3.63, 3.8) is 0 Å². The first-order valence-corrected chi connectivity index (χ1v) is 6.98. The van der Waals surface area contributed by atoms with Crippen molar-refractivity contribution in [2.45, 2.75) is 19.9 Å². The number of aromatic nitrogens is 1. The van der Waals surface area contributed by atoms with Gasteiger partial charge < -0.3 is 10.3 Å². The Morgan fingerprint density at radius 2 is 2.10 bits per heavy atom. The lowest BCUT2D eigenvalue weighted by Crippen LogP contribution is -2.31. The highest BCUT2D eigenvalue weighted by Crippen LogP contribution is 2.24. The molecule has 3 rings (SSSR count). The maximum atomic E-state index is 11.9. The van der Waals surface area contributed by atoms with E-state index in [1.807, 2.05) is 24.4 Å². The van der Waals surface area contributed by atoms with E-state index in [2.05, 4.69) is 32.9 Å². The topological polar surface area (TPSA) is 65.2 Å². The molecule has 5 nitrogen and oxygen atoms in total. The molecule has 20 heavy (non-hydrogen) atoms. The van der Waals surface area contributed by atoms with Crippen LogP contribution in [-0.2, 0) is 11.2 Å². The average molecular weight is 385 g/mol. The summed E-state index contributed by atoms with van der Waals surface area (Å²) in [6, 6.07) is 5.25. The van der Waals surface area contributed by atoms with E-state index >= 15 is 0 Å². The van der Waals surface area contributed by atoms with Crippen LogP contribution in [0.4, 0.5) is 4.79 Å². The zero-order valence-electron chi connectivity index (χ0n) is 10.2. The highest BCUT2D eigenvalue weighted by atomic mass is 127. The zero-order chi connectivity index (χ0) is 13.6. The number of amides is 3. The highest BCUT2D eigenvalue weighted by Gasteiger charge is 2.35.